The van der Waals surface area contributed by atoms with Crippen molar-refractivity contribution in [2.45, 2.75) is 6.54 Å². The van der Waals surface area contributed by atoms with Crippen molar-refractivity contribution in [3.8, 4) is 0 Å². The lowest BCUT2D eigenvalue weighted by Gasteiger charge is -2.06. The van der Waals surface area contributed by atoms with Crippen LogP contribution in [0.5, 0.6) is 0 Å². The van der Waals surface area contributed by atoms with Gasteiger partial charge in [-0.1, -0.05) is 11.6 Å². The zero-order valence-corrected chi connectivity index (χ0v) is 9.89. The van der Waals surface area contributed by atoms with Crippen LogP contribution < -0.4 is 11.1 Å². The molecule has 0 unspecified atom stereocenters. The Balaban J connectivity index is 2.41. The first-order chi connectivity index (χ1) is 8.08. The predicted octanol–water partition coefficient (Wildman–Crippen LogP) is 0.644. The Morgan fingerprint density at radius 2 is 2.06 bits per heavy atom. The highest BCUT2D eigenvalue weighted by atomic mass is 35.5. The number of nitrogens with zero attached hydrogens (tertiary/aromatic N) is 3. The maximum absolute atomic E-state index is 11.7. The summed E-state index contributed by atoms with van der Waals surface area (Å²) >= 11 is 5.74. The fraction of sp³-hybridized carbons (Fsp3) is 0.182. The van der Waals surface area contributed by atoms with Gasteiger partial charge in [-0.3, -0.25) is 9.59 Å². The zero-order chi connectivity index (χ0) is 12.4. The second-order valence-electron chi connectivity index (χ2n) is 3.63. The summed E-state index contributed by atoms with van der Waals surface area (Å²) in [5, 5.41) is 0.361. The van der Waals surface area contributed by atoms with Crippen molar-refractivity contribution < 1.29 is 0 Å². The van der Waals surface area contributed by atoms with Gasteiger partial charge in [0.25, 0.3) is 0 Å². The molecule has 17 heavy (non-hydrogen) atoms. The summed E-state index contributed by atoms with van der Waals surface area (Å²) in [5.74, 6) is 0. The molecule has 2 aromatic heterocycles. The minimum absolute atomic E-state index is 0.303. The van der Waals surface area contributed by atoms with Crippen LogP contribution in [0.3, 0.4) is 0 Å². The van der Waals surface area contributed by atoms with Crippen LogP contribution in [-0.2, 0) is 13.6 Å². The van der Waals surface area contributed by atoms with E-state index >= 15 is 0 Å². The van der Waals surface area contributed by atoms with Crippen molar-refractivity contribution in [1.82, 2.24) is 14.1 Å². The Hall–Kier alpha value is -1.88. The fourth-order valence-corrected chi connectivity index (χ4v) is 1.65. The van der Waals surface area contributed by atoms with E-state index < -0.39 is 11.1 Å². The first-order valence-electron chi connectivity index (χ1n) is 4.94. The Labute approximate surface area is 102 Å². The van der Waals surface area contributed by atoms with Gasteiger partial charge >= 0.3 is 11.1 Å². The number of hydrogen-bond donors (Lipinski definition) is 0. The fourth-order valence-electron chi connectivity index (χ4n) is 1.45. The molecule has 6 heteroatoms. The quantitative estimate of drug-likeness (QED) is 0.582. The first kappa shape index (κ1) is 11.6. The molecule has 0 saturated heterocycles. The standard InChI is InChI=1S/C11H10ClN3O2/c1-14-4-5-15(11(17)10(14)16)7-8-2-3-13-9(12)6-8/h2-6H,7H2,1H3. The number of aryl methyl sites for hydroxylation is 1. The lowest BCUT2D eigenvalue weighted by atomic mass is 10.2. The maximum Gasteiger partial charge on any atom is 0.316 e. The van der Waals surface area contributed by atoms with E-state index in [1.165, 1.54) is 16.2 Å². The number of halogens is 1. The summed E-state index contributed by atoms with van der Waals surface area (Å²) in [5.41, 5.74) is -0.282. The van der Waals surface area contributed by atoms with Gasteiger partial charge in [-0.2, -0.15) is 0 Å². The van der Waals surface area contributed by atoms with Crippen LogP contribution in [-0.4, -0.2) is 14.1 Å². The smallest absolute Gasteiger partial charge is 0.312 e. The molecule has 0 amide bonds. The molecular weight excluding hydrogens is 242 g/mol. The van der Waals surface area contributed by atoms with E-state index in [0.29, 0.717) is 11.7 Å². The summed E-state index contributed by atoms with van der Waals surface area (Å²) in [6.07, 6.45) is 4.67. The molecule has 88 valence electrons. The molecule has 0 spiro atoms. The lowest BCUT2D eigenvalue weighted by Crippen LogP contribution is -2.39. The zero-order valence-electron chi connectivity index (χ0n) is 9.13. The van der Waals surface area contributed by atoms with Crippen molar-refractivity contribution in [2.75, 3.05) is 0 Å². The van der Waals surface area contributed by atoms with Crippen LogP contribution in [0.2, 0.25) is 5.15 Å². The van der Waals surface area contributed by atoms with Crippen molar-refractivity contribution in [2.24, 2.45) is 7.05 Å². The second kappa shape index (κ2) is 4.55. The predicted molar refractivity (Wildman–Crippen MR) is 64.3 cm³/mol. The molecule has 0 aliphatic rings. The van der Waals surface area contributed by atoms with Gasteiger partial charge in [0.2, 0.25) is 0 Å². The minimum atomic E-state index is -0.553. The normalized spacial score (nSPS) is 10.5. The molecule has 0 N–H and O–H groups in total. The third kappa shape index (κ3) is 2.45. The minimum Gasteiger partial charge on any atom is -0.312 e. The Bertz CT molecular complexity index is 660. The van der Waals surface area contributed by atoms with E-state index in [1.807, 2.05) is 0 Å². The first-order valence-corrected chi connectivity index (χ1v) is 5.32. The van der Waals surface area contributed by atoms with Gasteiger partial charge in [0.1, 0.15) is 5.15 Å². The van der Waals surface area contributed by atoms with Crippen LogP contribution >= 0.6 is 11.6 Å². The van der Waals surface area contributed by atoms with E-state index in [-0.39, 0.29) is 0 Å². The van der Waals surface area contributed by atoms with Gasteiger partial charge in [0.15, 0.2) is 0 Å². The van der Waals surface area contributed by atoms with Crippen LogP contribution in [0.25, 0.3) is 0 Å². The van der Waals surface area contributed by atoms with E-state index in [4.69, 9.17) is 11.6 Å². The number of rotatable bonds is 2. The molecule has 0 atom stereocenters. The molecule has 0 saturated carbocycles. The highest BCUT2D eigenvalue weighted by molar-refractivity contribution is 6.29. The lowest BCUT2D eigenvalue weighted by molar-refractivity contribution is 0.694. The van der Waals surface area contributed by atoms with Gasteiger partial charge in [-0.15, -0.1) is 0 Å². The molecule has 0 radical (unpaired) electrons. The molecule has 0 fully saturated rings. The monoisotopic (exact) mass is 251 g/mol. The Morgan fingerprint density at radius 3 is 2.76 bits per heavy atom. The topological polar surface area (TPSA) is 56.9 Å². The molecule has 0 bridgehead atoms. The summed E-state index contributed by atoms with van der Waals surface area (Å²) in [7, 11) is 1.54. The third-order valence-corrected chi connectivity index (χ3v) is 2.58. The average Bonchev–Trinajstić information content (AvgIpc) is 2.30. The largest absolute Gasteiger partial charge is 0.316 e. The highest BCUT2D eigenvalue weighted by Gasteiger charge is 2.03. The van der Waals surface area contributed by atoms with Gasteiger partial charge in [0, 0.05) is 25.6 Å². The van der Waals surface area contributed by atoms with Crippen LogP contribution in [0.1, 0.15) is 5.56 Å². The average molecular weight is 252 g/mol. The second-order valence-corrected chi connectivity index (χ2v) is 4.02. The van der Waals surface area contributed by atoms with Crippen molar-refractivity contribution in [3.63, 3.8) is 0 Å². The molecular formula is C11H10ClN3O2. The molecule has 2 aromatic rings. The SMILES string of the molecule is Cn1ccn(Cc2ccnc(Cl)c2)c(=O)c1=O. The van der Waals surface area contributed by atoms with E-state index in [2.05, 4.69) is 4.98 Å². The Kier molecular flexibility index (Phi) is 3.10. The van der Waals surface area contributed by atoms with E-state index in [9.17, 15) is 9.59 Å². The van der Waals surface area contributed by atoms with Gasteiger partial charge in [-0.25, -0.2) is 4.98 Å². The van der Waals surface area contributed by atoms with Gasteiger partial charge in [-0.05, 0) is 17.7 Å². The van der Waals surface area contributed by atoms with Gasteiger partial charge in [0.05, 0.1) is 6.54 Å². The number of aromatic nitrogens is 3. The van der Waals surface area contributed by atoms with Crippen molar-refractivity contribution in [3.05, 3.63) is 62.1 Å². The summed E-state index contributed by atoms with van der Waals surface area (Å²) in [6.45, 7) is 0.303. The Morgan fingerprint density at radius 1 is 1.29 bits per heavy atom. The van der Waals surface area contributed by atoms with Crippen LogP contribution in [0.15, 0.2) is 40.3 Å². The van der Waals surface area contributed by atoms with Crippen LogP contribution in [0, 0.1) is 0 Å². The van der Waals surface area contributed by atoms with E-state index in [1.54, 1.807) is 30.7 Å². The molecule has 2 heterocycles. The maximum atomic E-state index is 11.7. The molecule has 0 aliphatic heterocycles. The summed E-state index contributed by atoms with van der Waals surface area (Å²) in [4.78, 5) is 26.9. The number of pyridine rings is 1. The molecule has 0 aliphatic carbocycles. The molecule has 2 rings (SSSR count). The van der Waals surface area contributed by atoms with Gasteiger partial charge < -0.3 is 9.13 Å². The highest BCUT2D eigenvalue weighted by Crippen LogP contribution is 2.07. The molecule has 5 nitrogen and oxygen atoms in total. The summed E-state index contributed by atoms with van der Waals surface area (Å²) < 4.78 is 2.59. The van der Waals surface area contributed by atoms with Crippen LogP contribution in [0.4, 0.5) is 0 Å². The summed E-state index contributed by atoms with van der Waals surface area (Å²) in [6, 6.07) is 3.40. The number of hydrogen-bond acceptors (Lipinski definition) is 3. The molecule has 0 aromatic carbocycles. The third-order valence-electron chi connectivity index (χ3n) is 2.38. The van der Waals surface area contributed by atoms with Crippen molar-refractivity contribution >= 4 is 11.6 Å². The van der Waals surface area contributed by atoms with Crippen molar-refractivity contribution in [1.29, 1.82) is 0 Å². The van der Waals surface area contributed by atoms with E-state index in [0.717, 1.165) is 5.56 Å².